The average molecular weight is 266 g/mol. The lowest BCUT2D eigenvalue weighted by atomic mass is 9.83. The molecule has 19 heavy (non-hydrogen) atoms. The second-order valence-electron chi connectivity index (χ2n) is 6.85. The van der Waals surface area contributed by atoms with E-state index in [2.05, 4.69) is 31.2 Å². The molecule has 0 amide bonds. The summed E-state index contributed by atoms with van der Waals surface area (Å²) in [6, 6.07) is 2.34. The fourth-order valence-electron chi connectivity index (χ4n) is 4.34. The van der Waals surface area contributed by atoms with Crippen molar-refractivity contribution in [3.8, 4) is 0 Å². The molecule has 0 spiro atoms. The van der Waals surface area contributed by atoms with Gasteiger partial charge in [0.05, 0.1) is 0 Å². The van der Waals surface area contributed by atoms with Gasteiger partial charge in [0.15, 0.2) is 0 Å². The molecule has 0 aromatic carbocycles. The van der Waals surface area contributed by atoms with Crippen LogP contribution in [-0.2, 0) is 0 Å². The van der Waals surface area contributed by atoms with Crippen molar-refractivity contribution < 1.29 is 0 Å². The summed E-state index contributed by atoms with van der Waals surface area (Å²) in [7, 11) is 4.56. The van der Waals surface area contributed by atoms with Crippen LogP contribution in [-0.4, -0.2) is 37.1 Å². The number of hydrogen-bond donors (Lipinski definition) is 1. The third kappa shape index (κ3) is 3.95. The maximum atomic E-state index is 3.59. The van der Waals surface area contributed by atoms with E-state index in [0.717, 1.165) is 24.0 Å². The molecule has 2 unspecified atom stereocenters. The Morgan fingerprint density at radius 2 is 1.63 bits per heavy atom. The first kappa shape index (κ1) is 15.3. The summed E-state index contributed by atoms with van der Waals surface area (Å²) in [6.07, 6.45) is 14.2. The molecule has 112 valence electrons. The van der Waals surface area contributed by atoms with Gasteiger partial charge in [-0.1, -0.05) is 32.6 Å². The third-order valence-corrected chi connectivity index (χ3v) is 5.84. The smallest absolute Gasteiger partial charge is 0.0249 e. The van der Waals surface area contributed by atoms with Crippen LogP contribution in [0.25, 0.3) is 0 Å². The van der Waals surface area contributed by atoms with Crippen molar-refractivity contribution >= 4 is 0 Å². The Bertz CT molecular complexity index is 246. The van der Waals surface area contributed by atoms with Crippen LogP contribution in [0, 0.1) is 5.92 Å². The summed E-state index contributed by atoms with van der Waals surface area (Å²) in [5.74, 6) is 1.01. The lowest BCUT2D eigenvalue weighted by Gasteiger charge is -2.41. The van der Waals surface area contributed by atoms with Crippen LogP contribution in [0.1, 0.15) is 71.1 Å². The number of hydrogen-bond acceptors (Lipinski definition) is 2. The van der Waals surface area contributed by atoms with Crippen molar-refractivity contribution in [3.63, 3.8) is 0 Å². The normalized spacial score (nSPS) is 37.3. The summed E-state index contributed by atoms with van der Waals surface area (Å²) in [6.45, 7) is 2.36. The molecular weight excluding hydrogens is 232 g/mol. The van der Waals surface area contributed by atoms with Crippen LogP contribution in [0.2, 0.25) is 0 Å². The van der Waals surface area contributed by atoms with E-state index in [0.29, 0.717) is 0 Å². The van der Waals surface area contributed by atoms with Crippen molar-refractivity contribution in [1.29, 1.82) is 0 Å². The van der Waals surface area contributed by atoms with E-state index in [1.165, 1.54) is 64.2 Å². The maximum absolute atomic E-state index is 3.59. The number of nitrogens with zero attached hydrogens (tertiary/aromatic N) is 1. The summed E-state index contributed by atoms with van der Waals surface area (Å²) >= 11 is 0. The van der Waals surface area contributed by atoms with Gasteiger partial charge in [0, 0.05) is 18.1 Å². The Kier molecular flexibility index (Phi) is 6.15. The van der Waals surface area contributed by atoms with E-state index >= 15 is 0 Å². The number of nitrogens with one attached hydrogen (secondary N) is 1. The quantitative estimate of drug-likeness (QED) is 0.779. The molecule has 1 N–H and O–H groups in total. The molecule has 2 heteroatoms. The second-order valence-corrected chi connectivity index (χ2v) is 6.85. The van der Waals surface area contributed by atoms with Gasteiger partial charge < -0.3 is 5.32 Å². The zero-order valence-electron chi connectivity index (χ0n) is 13.3. The largest absolute Gasteiger partial charge is 0.315 e. The minimum Gasteiger partial charge on any atom is -0.315 e. The monoisotopic (exact) mass is 266 g/mol. The van der Waals surface area contributed by atoms with Gasteiger partial charge in [-0.05, 0) is 58.5 Å². The lowest BCUT2D eigenvalue weighted by molar-refractivity contribution is 0.0936. The molecule has 0 aliphatic heterocycles. The molecule has 0 saturated heterocycles. The van der Waals surface area contributed by atoms with Gasteiger partial charge >= 0.3 is 0 Å². The van der Waals surface area contributed by atoms with E-state index < -0.39 is 0 Å². The van der Waals surface area contributed by atoms with Gasteiger partial charge in [0.1, 0.15) is 0 Å². The number of likely N-dealkylation sites (N-methyl/N-ethyl adjacent to an activating group) is 2. The molecule has 2 aliphatic carbocycles. The van der Waals surface area contributed by atoms with Crippen LogP contribution >= 0.6 is 0 Å². The van der Waals surface area contributed by atoms with Gasteiger partial charge in [-0.15, -0.1) is 0 Å². The molecule has 0 aromatic heterocycles. The van der Waals surface area contributed by atoms with E-state index in [-0.39, 0.29) is 0 Å². The average Bonchev–Trinajstić information content (AvgIpc) is 2.71. The van der Waals surface area contributed by atoms with E-state index in [9.17, 15) is 0 Å². The van der Waals surface area contributed by atoms with Gasteiger partial charge in [0.25, 0.3) is 0 Å². The summed E-state index contributed by atoms with van der Waals surface area (Å²) < 4.78 is 0. The van der Waals surface area contributed by atoms with Gasteiger partial charge in [-0.2, -0.15) is 0 Å². The lowest BCUT2D eigenvalue weighted by Crippen LogP contribution is -2.51. The molecule has 2 atom stereocenters. The molecule has 2 nitrogen and oxygen atoms in total. The highest BCUT2D eigenvalue weighted by atomic mass is 15.2. The van der Waals surface area contributed by atoms with Crippen LogP contribution < -0.4 is 5.32 Å². The van der Waals surface area contributed by atoms with Crippen molar-refractivity contribution in [2.45, 2.75) is 89.3 Å². The Hall–Kier alpha value is -0.0800. The Labute approximate surface area is 120 Å². The van der Waals surface area contributed by atoms with Crippen LogP contribution in [0.3, 0.4) is 0 Å². The highest BCUT2D eigenvalue weighted by Gasteiger charge is 2.31. The van der Waals surface area contributed by atoms with E-state index in [1.54, 1.807) is 0 Å². The topological polar surface area (TPSA) is 15.3 Å². The van der Waals surface area contributed by atoms with Crippen molar-refractivity contribution in [2.24, 2.45) is 5.92 Å². The fourth-order valence-corrected chi connectivity index (χ4v) is 4.34. The Morgan fingerprint density at radius 1 is 0.947 bits per heavy atom. The minimum absolute atomic E-state index is 0.719. The fraction of sp³-hybridized carbons (Fsp3) is 1.00. The molecule has 0 aromatic rings. The highest BCUT2D eigenvalue weighted by molar-refractivity contribution is 4.89. The SMILES string of the molecule is CCC1CCC(N(C)C2CCCCCC2NC)CC1. The molecule has 2 rings (SSSR count). The first-order valence-corrected chi connectivity index (χ1v) is 8.65. The minimum atomic E-state index is 0.719. The van der Waals surface area contributed by atoms with E-state index in [1.807, 2.05) is 0 Å². The maximum Gasteiger partial charge on any atom is 0.0249 e. The van der Waals surface area contributed by atoms with Gasteiger partial charge in [-0.25, -0.2) is 0 Å². The van der Waals surface area contributed by atoms with Crippen molar-refractivity contribution in [2.75, 3.05) is 14.1 Å². The third-order valence-electron chi connectivity index (χ3n) is 5.84. The standard InChI is InChI=1S/C17H34N2/c1-4-14-10-12-15(13-11-14)19(3)17-9-7-5-6-8-16(17)18-2/h14-18H,4-13H2,1-3H3. The first-order valence-electron chi connectivity index (χ1n) is 8.65. The Balaban J connectivity index is 1.91. The summed E-state index contributed by atoms with van der Waals surface area (Å²) in [4.78, 5) is 2.75. The number of rotatable bonds is 4. The van der Waals surface area contributed by atoms with Crippen LogP contribution in [0.5, 0.6) is 0 Å². The zero-order valence-corrected chi connectivity index (χ0v) is 13.3. The highest BCUT2D eigenvalue weighted by Crippen LogP contribution is 2.32. The molecule has 0 bridgehead atoms. The van der Waals surface area contributed by atoms with E-state index in [4.69, 9.17) is 0 Å². The van der Waals surface area contributed by atoms with Gasteiger partial charge in [0.2, 0.25) is 0 Å². The Morgan fingerprint density at radius 3 is 2.26 bits per heavy atom. The second kappa shape index (κ2) is 7.64. The summed E-state index contributed by atoms with van der Waals surface area (Å²) in [5.41, 5.74) is 0. The van der Waals surface area contributed by atoms with Crippen molar-refractivity contribution in [1.82, 2.24) is 10.2 Å². The zero-order chi connectivity index (χ0) is 13.7. The van der Waals surface area contributed by atoms with Gasteiger partial charge in [-0.3, -0.25) is 4.90 Å². The van der Waals surface area contributed by atoms with Crippen molar-refractivity contribution in [3.05, 3.63) is 0 Å². The molecule has 0 radical (unpaired) electrons. The molecule has 2 saturated carbocycles. The summed E-state index contributed by atoms with van der Waals surface area (Å²) in [5, 5.41) is 3.59. The molecular formula is C17H34N2. The molecule has 2 aliphatic rings. The van der Waals surface area contributed by atoms with Crippen LogP contribution in [0.15, 0.2) is 0 Å². The van der Waals surface area contributed by atoms with Crippen LogP contribution in [0.4, 0.5) is 0 Å². The molecule has 0 heterocycles. The molecule has 2 fully saturated rings. The first-order chi connectivity index (χ1) is 9.26. The predicted molar refractivity (Wildman–Crippen MR) is 83.5 cm³/mol. The predicted octanol–water partition coefficient (Wildman–Crippen LogP) is 3.81.